The molecule has 0 bridgehead atoms. The molecule has 2 aromatic carbocycles. The summed E-state index contributed by atoms with van der Waals surface area (Å²) in [6, 6.07) is 15.1. The minimum Gasteiger partial charge on any atom is -0.457 e. The van der Waals surface area contributed by atoms with Gasteiger partial charge in [0.05, 0.1) is 0 Å². The molecule has 1 nitrogen and oxygen atoms in total. The van der Waals surface area contributed by atoms with Gasteiger partial charge in [0.1, 0.15) is 11.5 Å². The summed E-state index contributed by atoms with van der Waals surface area (Å²) >= 11 is 0. The number of ether oxygens (including phenoxy) is 1. The van der Waals surface area contributed by atoms with E-state index in [0.717, 1.165) is 17.4 Å². The molecular weight excluding hydrogens is 232 g/mol. The van der Waals surface area contributed by atoms with Gasteiger partial charge in [-0.05, 0) is 36.5 Å². The molecule has 0 atom stereocenters. The fraction of sp³-hybridized carbons (Fsp3) is 0.333. The first-order valence-electron chi connectivity index (χ1n) is 7.08. The molecule has 0 radical (unpaired) electrons. The Kier molecular flexibility index (Phi) is 2.12. The normalized spacial score (nSPS) is 19.3. The van der Waals surface area contributed by atoms with Crippen LogP contribution >= 0.6 is 0 Å². The van der Waals surface area contributed by atoms with Gasteiger partial charge in [-0.25, -0.2) is 0 Å². The van der Waals surface area contributed by atoms with Crippen molar-refractivity contribution in [2.45, 2.75) is 38.0 Å². The highest BCUT2D eigenvalue weighted by atomic mass is 16.5. The minimum absolute atomic E-state index is 0.0229. The Hall–Kier alpha value is -1.76. The molecule has 19 heavy (non-hydrogen) atoms. The first kappa shape index (κ1) is 11.1. The number of fused-ring (bicyclic) bond motifs is 2. The average molecular weight is 250 g/mol. The molecule has 1 heterocycles. The van der Waals surface area contributed by atoms with Crippen LogP contribution in [0.1, 0.15) is 49.3 Å². The van der Waals surface area contributed by atoms with Gasteiger partial charge >= 0.3 is 0 Å². The van der Waals surface area contributed by atoms with Crippen LogP contribution in [-0.2, 0) is 5.41 Å². The number of hydrogen-bond donors (Lipinski definition) is 0. The third-order valence-electron chi connectivity index (χ3n) is 4.51. The second-order valence-corrected chi connectivity index (χ2v) is 6.25. The Morgan fingerprint density at radius 1 is 0.947 bits per heavy atom. The maximum atomic E-state index is 6.07. The van der Waals surface area contributed by atoms with Crippen molar-refractivity contribution in [3.8, 4) is 11.5 Å². The van der Waals surface area contributed by atoms with Crippen LogP contribution in [0.15, 0.2) is 42.5 Å². The van der Waals surface area contributed by atoms with Gasteiger partial charge in [0.15, 0.2) is 0 Å². The molecule has 0 amide bonds. The summed E-state index contributed by atoms with van der Waals surface area (Å²) in [5, 5.41) is 0. The molecule has 96 valence electrons. The zero-order valence-electron chi connectivity index (χ0n) is 11.4. The Morgan fingerprint density at radius 3 is 2.47 bits per heavy atom. The molecule has 1 aliphatic carbocycles. The molecule has 0 spiro atoms. The second-order valence-electron chi connectivity index (χ2n) is 6.25. The fourth-order valence-corrected chi connectivity index (χ4v) is 3.13. The van der Waals surface area contributed by atoms with Crippen LogP contribution in [0.25, 0.3) is 0 Å². The highest BCUT2D eigenvalue weighted by Crippen LogP contribution is 2.50. The van der Waals surface area contributed by atoms with E-state index < -0.39 is 0 Å². The van der Waals surface area contributed by atoms with Crippen molar-refractivity contribution in [1.29, 1.82) is 0 Å². The van der Waals surface area contributed by atoms with E-state index in [1.165, 1.54) is 29.5 Å². The second kappa shape index (κ2) is 3.63. The topological polar surface area (TPSA) is 9.23 Å². The predicted molar refractivity (Wildman–Crippen MR) is 77.1 cm³/mol. The van der Waals surface area contributed by atoms with Crippen molar-refractivity contribution < 1.29 is 4.74 Å². The minimum atomic E-state index is 0.0229. The van der Waals surface area contributed by atoms with Crippen molar-refractivity contribution in [3.63, 3.8) is 0 Å². The molecule has 2 aliphatic rings. The molecule has 0 unspecified atom stereocenters. The third-order valence-corrected chi connectivity index (χ3v) is 4.51. The van der Waals surface area contributed by atoms with E-state index in [1.807, 2.05) is 6.07 Å². The first-order valence-corrected chi connectivity index (χ1v) is 7.08. The summed E-state index contributed by atoms with van der Waals surface area (Å²) in [4.78, 5) is 0. The van der Waals surface area contributed by atoms with Crippen LogP contribution < -0.4 is 4.74 Å². The van der Waals surface area contributed by atoms with Crippen LogP contribution in [0.2, 0.25) is 0 Å². The molecule has 2 aromatic rings. The largest absolute Gasteiger partial charge is 0.457 e. The Morgan fingerprint density at radius 2 is 1.68 bits per heavy atom. The molecule has 0 saturated heterocycles. The van der Waals surface area contributed by atoms with E-state index in [-0.39, 0.29) is 5.41 Å². The lowest BCUT2D eigenvalue weighted by atomic mass is 9.75. The lowest BCUT2D eigenvalue weighted by Crippen LogP contribution is -2.24. The lowest BCUT2D eigenvalue weighted by Gasteiger charge is -2.34. The molecule has 0 aromatic heterocycles. The van der Waals surface area contributed by atoms with Crippen molar-refractivity contribution in [2.75, 3.05) is 0 Å². The predicted octanol–water partition coefficient (Wildman–Crippen LogP) is 5.00. The molecule has 1 aliphatic heterocycles. The van der Waals surface area contributed by atoms with Gasteiger partial charge < -0.3 is 4.74 Å². The summed E-state index contributed by atoms with van der Waals surface area (Å²) in [6.07, 6.45) is 2.69. The van der Waals surface area contributed by atoms with Crippen LogP contribution in [0.5, 0.6) is 11.5 Å². The summed E-state index contributed by atoms with van der Waals surface area (Å²) in [6.45, 7) is 4.59. The smallest absolute Gasteiger partial charge is 0.131 e. The van der Waals surface area contributed by atoms with Gasteiger partial charge in [-0.3, -0.25) is 0 Å². The van der Waals surface area contributed by atoms with Crippen molar-refractivity contribution >= 4 is 0 Å². The van der Waals surface area contributed by atoms with E-state index in [4.69, 9.17) is 4.74 Å². The van der Waals surface area contributed by atoms with Gasteiger partial charge in [0.2, 0.25) is 0 Å². The zero-order valence-corrected chi connectivity index (χ0v) is 11.4. The number of hydrogen-bond acceptors (Lipinski definition) is 1. The van der Waals surface area contributed by atoms with Gasteiger partial charge in [-0.2, -0.15) is 0 Å². The summed E-state index contributed by atoms with van der Waals surface area (Å²) in [5.41, 5.74) is 4.12. The molecule has 1 fully saturated rings. The van der Waals surface area contributed by atoms with Gasteiger partial charge in [-0.15, -0.1) is 0 Å². The first-order chi connectivity index (χ1) is 9.16. The van der Waals surface area contributed by atoms with Crippen molar-refractivity contribution in [2.24, 2.45) is 0 Å². The summed E-state index contributed by atoms with van der Waals surface area (Å²) in [7, 11) is 0. The van der Waals surface area contributed by atoms with E-state index in [9.17, 15) is 0 Å². The highest BCUT2D eigenvalue weighted by molar-refractivity contribution is 5.57. The molecule has 0 N–H and O–H groups in total. The molecular formula is C18H18O. The number of benzene rings is 2. The lowest BCUT2D eigenvalue weighted by molar-refractivity contribution is 0.417. The monoisotopic (exact) mass is 250 g/mol. The average Bonchev–Trinajstić information content (AvgIpc) is 3.23. The maximum Gasteiger partial charge on any atom is 0.131 e. The standard InChI is InChI=1S/C18H18O/c1-18(2)14-5-3-4-6-16(14)19-17-10-9-13(11-15(17)18)12-7-8-12/h3-6,9-12H,7-8H2,1-2H3. The number of para-hydroxylation sites is 1. The van der Waals surface area contributed by atoms with Gasteiger partial charge in [0, 0.05) is 16.5 Å². The van der Waals surface area contributed by atoms with E-state index in [0.29, 0.717) is 0 Å². The Balaban J connectivity index is 1.90. The fourth-order valence-electron chi connectivity index (χ4n) is 3.13. The van der Waals surface area contributed by atoms with Crippen LogP contribution in [-0.4, -0.2) is 0 Å². The molecule has 1 heteroatoms. The van der Waals surface area contributed by atoms with Gasteiger partial charge in [0.25, 0.3) is 0 Å². The molecule has 1 saturated carbocycles. The SMILES string of the molecule is CC1(C)c2ccccc2Oc2ccc(C3CC3)cc21. The quantitative estimate of drug-likeness (QED) is 0.692. The maximum absolute atomic E-state index is 6.07. The van der Waals surface area contributed by atoms with E-state index >= 15 is 0 Å². The van der Waals surface area contributed by atoms with E-state index in [1.54, 1.807) is 0 Å². The van der Waals surface area contributed by atoms with Crippen LogP contribution in [0, 0.1) is 0 Å². The Labute approximate surface area is 114 Å². The van der Waals surface area contributed by atoms with E-state index in [2.05, 4.69) is 50.2 Å². The Bertz CT molecular complexity index is 650. The highest BCUT2D eigenvalue weighted by Gasteiger charge is 2.35. The van der Waals surface area contributed by atoms with Crippen LogP contribution in [0.4, 0.5) is 0 Å². The van der Waals surface area contributed by atoms with Crippen molar-refractivity contribution in [1.82, 2.24) is 0 Å². The zero-order chi connectivity index (χ0) is 13.0. The number of rotatable bonds is 1. The van der Waals surface area contributed by atoms with Gasteiger partial charge in [-0.1, -0.05) is 44.2 Å². The van der Waals surface area contributed by atoms with Crippen LogP contribution in [0.3, 0.4) is 0 Å². The summed E-state index contributed by atoms with van der Waals surface area (Å²) < 4.78 is 6.07. The van der Waals surface area contributed by atoms with Crippen molar-refractivity contribution in [3.05, 3.63) is 59.2 Å². The molecule has 4 rings (SSSR count). The third kappa shape index (κ3) is 1.61. The summed E-state index contributed by atoms with van der Waals surface area (Å²) in [5.74, 6) is 2.81.